The van der Waals surface area contributed by atoms with E-state index in [0.717, 1.165) is 54.4 Å². The zero-order valence-corrected chi connectivity index (χ0v) is 17.7. The molecular weight excluding hydrogens is 366 g/mol. The maximum Gasteiger partial charge on any atom is 0.254 e. The van der Waals surface area contributed by atoms with Crippen LogP contribution >= 0.6 is 0 Å². The first-order valence-electron chi connectivity index (χ1n) is 10.1. The van der Waals surface area contributed by atoms with Crippen molar-refractivity contribution in [2.45, 2.75) is 20.0 Å². The summed E-state index contributed by atoms with van der Waals surface area (Å²) >= 11 is 0. The van der Waals surface area contributed by atoms with Crippen LogP contribution in [0.25, 0.3) is 0 Å². The van der Waals surface area contributed by atoms with Crippen molar-refractivity contribution in [2.24, 2.45) is 0 Å². The Morgan fingerprint density at radius 2 is 1.76 bits per heavy atom. The van der Waals surface area contributed by atoms with Crippen molar-refractivity contribution in [3.8, 4) is 11.5 Å². The second-order valence-corrected chi connectivity index (χ2v) is 7.87. The molecular formula is C23H29N3O3. The van der Waals surface area contributed by atoms with E-state index in [1.54, 1.807) is 14.2 Å². The van der Waals surface area contributed by atoms with Crippen LogP contribution in [0.4, 0.5) is 5.69 Å². The smallest absolute Gasteiger partial charge is 0.254 e. The van der Waals surface area contributed by atoms with Crippen molar-refractivity contribution in [3.63, 3.8) is 0 Å². The third kappa shape index (κ3) is 3.65. The summed E-state index contributed by atoms with van der Waals surface area (Å²) < 4.78 is 10.8. The first-order chi connectivity index (χ1) is 14.0. The minimum absolute atomic E-state index is 0.0888. The summed E-state index contributed by atoms with van der Waals surface area (Å²) in [6, 6.07) is 9.86. The van der Waals surface area contributed by atoms with E-state index in [4.69, 9.17) is 9.47 Å². The normalized spacial score (nSPS) is 16.9. The van der Waals surface area contributed by atoms with Crippen LogP contribution in [0.2, 0.25) is 0 Å². The Morgan fingerprint density at radius 1 is 1.00 bits per heavy atom. The van der Waals surface area contributed by atoms with Crippen molar-refractivity contribution < 1.29 is 14.3 Å². The second kappa shape index (κ2) is 7.95. The number of ether oxygens (including phenoxy) is 2. The lowest BCUT2D eigenvalue weighted by atomic mass is 10.0. The lowest BCUT2D eigenvalue weighted by Crippen LogP contribution is -2.44. The number of rotatable bonds is 5. The first-order valence-corrected chi connectivity index (χ1v) is 10.1. The molecule has 4 rings (SSSR count). The quantitative estimate of drug-likeness (QED) is 0.779. The molecule has 0 radical (unpaired) electrons. The van der Waals surface area contributed by atoms with E-state index < -0.39 is 0 Å². The van der Waals surface area contributed by atoms with Gasteiger partial charge in [-0.05, 0) is 49.4 Å². The third-order valence-electron chi connectivity index (χ3n) is 6.14. The molecule has 1 amide bonds. The highest BCUT2D eigenvalue weighted by molar-refractivity contribution is 5.99. The zero-order chi connectivity index (χ0) is 20.5. The Hall–Kier alpha value is -2.73. The fourth-order valence-corrected chi connectivity index (χ4v) is 4.29. The number of hydrogen-bond acceptors (Lipinski definition) is 5. The molecule has 2 aliphatic heterocycles. The number of methoxy groups -OCH3 is 2. The van der Waals surface area contributed by atoms with Gasteiger partial charge in [-0.15, -0.1) is 0 Å². The van der Waals surface area contributed by atoms with E-state index in [9.17, 15) is 4.79 Å². The fraction of sp³-hybridized carbons (Fsp3) is 0.435. The Labute approximate surface area is 172 Å². The van der Waals surface area contributed by atoms with E-state index in [-0.39, 0.29) is 5.91 Å². The number of carbonyl (C=O) groups excluding carboxylic acids is 1. The summed E-state index contributed by atoms with van der Waals surface area (Å²) in [5.74, 6) is 1.57. The van der Waals surface area contributed by atoms with Crippen molar-refractivity contribution in [3.05, 3.63) is 52.6 Å². The average Bonchev–Trinajstić information content (AvgIpc) is 3.06. The third-order valence-corrected chi connectivity index (χ3v) is 6.14. The number of fused-ring (bicyclic) bond motifs is 1. The molecule has 2 aromatic rings. The number of hydrogen-bond donors (Lipinski definition) is 0. The van der Waals surface area contributed by atoms with Gasteiger partial charge in [0.2, 0.25) is 0 Å². The highest BCUT2D eigenvalue weighted by Gasteiger charge is 2.31. The molecule has 2 aromatic carbocycles. The van der Waals surface area contributed by atoms with Crippen LogP contribution in [0.15, 0.2) is 30.3 Å². The molecule has 1 fully saturated rings. The largest absolute Gasteiger partial charge is 0.497 e. The van der Waals surface area contributed by atoms with Gasteiger partial charge in [-0.25, -0.2) is 0 Å². The summed E-state index contributed by atoms with van der Waals surface area (Å²) in [6.07, 6.45) is 0. The zero-order valence-electron chi connectivity index (χ0n) is 17.7. The fourth-order valence-electron chi connectivity index (χ4n) is 4.29. The van der Waals surface area contributed by atoms with Crippen LogP contribution in [0.1, 0.15) is 27.0 Å². The van der Waals surface area contributed by atoms with E-state index >= 15 is 0 Å². The van der Waals surface area contributed by atoms with Gasteiger partial charge in [0.05, 0.1) is 14.2 Å². The molecule has 0 N–H and O–H groups in total. The summed E-state index contributed by atoms with van der Waals surface area (Å²) in [5.41, 5.74) is 5.44. The molecule has 0 spiro atoms. The predicted octanol–water partition coefficient (Wildman–Crippen LogP) is 2.92. The van der Waals surface area contributed by atoms with E-state index in [1.807, 2.05) is 29.2 Å². The predicted molar refractivity (Wildman–Crippen MR) is 114 cm³/mol. The lowest BCUT2D eigenvalue weighted by Gasteiger charge is -2.35. The molecule has 0 atom stereocenters. The molecule has 0 saturated carbocycles. The van der Waals surface area contributed by atoms with Gasteiger partial charge in [-0.3, -0.25) is 4.79 Å². The van der Waals surface area contributed by atoms with Crippen LogP contribution in [-0.2, 0) is 13.1 Å². The number of carbonyl (C=O) groups is 1. The minimum Gasteiger partial charge on any atom is -0.497 e. The number of likely N-dealkylation sites (N-methyl/N-ethyl adjacent to an activating group) is 1. The topological polar surface area (TPSA) is 45.2 Å². The van der Waals surface area contributed by atoms with Crippen molar-refractivity contribution in [1.82, 2.24) is 9.80 Å². The summed E-state index contributed by atoms with van der Waals surface area (Å²) in [7, 11) is 5.44. The summed E-state index contributed by atoms with van der Waals surface area (Å²) in [6.45, 7) is 7.49. The number of benzene rings is 2. The van der Waals surface area contributed by atoms with Crippen molar-refractivity contribution in [2.75, 3.05) is 52.3 Å². The molecule has 29 heavy (non-hydrogen) atoms. The molecule has 1 saturated heterocycles. The van der Waals surface area contributed by atoms with E-state index in [0.29, 0.717) is 13.1 Å². The highest BCUT2D eigenvalue weighted by atomic mass is 16.5. The molecule has 0 aromatic heterocycles. The van der Waals surface area contributed by atoms with Crippen molar-refractivity contribution in [1.29, 1.82) is 0 Å². The van der Waals surface area contributed by atoms with E-state index in [2.05, 4.69) is 29.8 Å². The monoisotopic (exact) mass is 395 g/mol. The van der Waals surface area contributed by atoms with Crippen molar-refractivity contribution >= 4 is 11.6 Å². The lowest BCUT2D eigenvalue weighted by molar-refractivity contribution is 0.0765. The van der Waals surface area contributed by atoms with Gasteiger partial charge in [-0.1, -0.05) is 0 Å². The second-order valence-electron chi connectivity index (χ2n) is 7.87. The number of amides is 1. The molecule has 6 nitrogen and oxygen atoms in total. The number of anilines is 1. The SMILES string of the molecule is COc1ccc(CN2Cc3c(ccc(N4CCN(C)CC4)c3C)C2=O)c(OC)c1. The standard InChI is InChI=1S/C23H29N3O3/c1-16-20-15-26(14-17-5-6-18(28-3)13-22(17)29-4)23(27)19(20)7-8-21(16)25-11-9-24(2)10-12-25/h5-8,13H,9-12,14-15H2,1-4H3. The molecule has 2 aliphatic rings. The van der Waals surface area contributed by atoms with Gasteiger partial charge in [0.15, 0.2) is 0 Å². The Morgan fingerprint density at radius 3 is 2.45 bits per heavy atom. The van der Waals surface area contributed by atoms with Crippen LogP contribution in [-0.4, -0.2) is 63.2 Å². The Kier molecular flexibility index (Phi) is 5.37. The molecule has 2 heterocycles. The molecule has 0 aliphatic carbocycles. The first kappa shape index (κ1) is 19.6. The highest BCUT2D eigenvalue weighted by Crippen LogP contribution is 2.34. The summed E-state index contributed by atoms with van der Waals surface area (Å²) in [4.78, 5) is 19.7. The van der Waals surface area contributed by atoms with Crippen LogP contribution in [0.3, 0.4) is 0 Å². The van der Waals surface area contributed by atoms with Gasteiger partial charge in [0, 0.05) is 62.1 Å². The molecule has 6 heteroatoms. The maximum absolute atomic E-state index is 13.0. The molecule has 0 bridgehead atoms. The number of piperazine rings is 1. The molecule has 0 unspecified atom stereocenters. The van der Waals surface area contributed by atoms with Gasteiger partial charge in [0.25, 0.3) is 5.91 Å². The van der Waals surface area contributed by atoms with Gasteiger partial charge < -0.3 is 24.2 Å². The number of nitrogens with zero attached hydrogens (tertiary/aromatic N) is 3. The minimum atomic E-state index is 0.0888. The van der Waals surface area contributed by atoms with Gasteiger partial charge in [0.1, 0.15) is 11.5 Å². The van der Waals surface area contributed by atoms with Crippen LogP contribution in [0, 0.1) is 6.92 Å². The van der Waals surface area contributed by atoms with Crippen LogP contribution < -0.4 is 14.4 Å². The van der Waals surface area contributed by atoms with Crippen LogP contribution in [0.5, 0.6) is 11.5 Å². The maximum atomic E-state index is 13.0. The molecule has 154 valence electrons. The van der Waals surface area contributed by atoms with E-state index in [1.165, 1.54) is 11.3 Å². The van der Waals surface area contributed by atoms with Gasteiger partial charge in [-0.2, -0.15) is 0 Å². The Balaban J connectivity index is 1.56. The van der Waals surface area contributed by atoms with Gasteiger partial charge >= 0.3 is 0 Å². The summed E-state index contributed by atoms with van der Waals surface area (Å²) in [5, 5.41) is 0. The average molecular weight is 396 g/mol. The Bertz CT molecular complexity index is 920.